The monoisotopic (exact) mass is 844 g/mol. The van der Waals surface area contributed by atoms with E-state index >= 15 is 0 Å². The molecule has 3 unspecified atom stereocenters. The number of rotatable bonds is 40. The van der Waals surface area contributed by atoms with E-state index in [0.717, 1.165) is 57.8 Å². The van der Waals surface area contributed by atoms with E-state index in [1.165, 1.54) is 57.8 Å². The van der Waals surface area contributed by atoms with E-state index in [4.69, 9.17) is 24.8 Å². The molecule has 0 aliphatic rings. The number of phosphoric acid groups is 1. The lowest BCUT2D eigenvalue weighted by Crippen LogP contribution is -2.34. The molecule has 0 amide bonds. The van der Waals surface area contributed by atoms with E-state index in [0.29, 0.717) is 6.42 Å². The minimum Gasteiger partial charge on any atom is -0.480 e. The van der Waals surface area contributed by atoms with Crippen molar-refractivity contribution in [1.82, 2.24) is 0 Å². The van der Waals surface area contributed by atoms with Gasteiger partial charge in [-0.3, -0.25) is 23.4 Å². The largest absolute Gasteiger partial charge is 0.480 e. The van der Waals surface area contributed by atoms with Crippen molar-refractivity contribution in [1.29, 1.82) is 0 Å². The Labute approximate surface area is 349 Å². The molecule has 0 spiro atoms. The summed E-state index contributed by atoms with van der Waals surface area (Å²) in [6.07, 6.45) is 34.9. The van der Waals surface area contributed by atoms with E-state index in [2.05, 4.69) is 48.8 Å². The van der Waals surface area contributed by atoms with Gasteiger partial charge >= 0.3 is 25.7 Å². The van der Waals surface area contributed by atoms with Gasteiger partial charge in [0, 0.05) is 12.8 Å². The maximum Gasteiger partial charge on any atom is 0.472 e. The van der Waals surface area contributed by atoms with Crippen LogP contribution in [0.2, 0.25) is 0 Å². The molecule has 0 aliphatic carbocycles. The maximum atomic E-state index is 12.6. The van der Waals surface area contributed by atoms with Crippen LogP contribution < -0.4 is 5.73 Å². The smallest absolute Gasteiger partial charge is 0.472 e. The van der Waals surface area contributed by atoms with Crippen LogP contribution in [0.25, 0.3) is 0 Å². The molecule has 58 heavy (non-hydrogen) atoms. The number of carbonyl (C=O) groups excluding carboxylic acids is 2. The van der Waals surface area contributed by atoms with Gasteiger partial charge in [0.15, 0.2) is 6.10 Å². The number of aliphatic hydroxyl groups is 2. The molecule has 0 heterocycles. The number of allylic oxidation sites excluding steroid dienone is 7. The summed E-state index contributed by atoms with van der Waals surface area (Å²) in [4.78, 5) is 46.0. The molecule has 5 atom stereocenters. The van der Waals surface area contributed by atoms with Crippen molar-refractivity contribution in [3.8, 4) is 0 Å². The lowest BCUT2D eigenvalue weighted by atomic mass is 10.0. The van der Waals surface area contributed by atoms with Crippen LogP contribution in [0.1, 0.15) is 168 Å². The first-order valence-corrected chi connectivity index (χ1v) is 23.3. The van der Waals surface area contributed by atoms with Gasteiger partial charge in [0.05, 0.1) is 25.4 Å². The summed E-state index contributed by atoms with van der Waals surface area (Å²) < 4.78 is 32.5. The van der Waals surface area contributed by atoms with Crippen LogP contribution in [-0.2, 0) is 37.5 Å². The number of hydrogen-bond donors (Lipinski definition) is 5. The molecule has 336 valence electrons. The molecule has 0 saturated heterocycles. The zero-order chi connectivity index (χ0) is 43.1. The Morgan fingerprint density at radius 2 is 1.09 bits per heavy atom. The highest BCUT2D eigenvalue weighted by Gasteiger charge is 2.28. The van der Waals surface area contributed by atoms with Crippen molar-refractivity contribution in [3.63, 3.8) is 0 Å². The molecule has 0 aromatic rings. The summed E-state index contributed by atoms with van der Waals surface area (Å²) in [6.45, 7) is 2.45. The lowest BCUT2D eigenvalue weighted by molar-refractivity contribution is -0.161. The van der Waals surface area contributed by atoms with E-state index < -0.39 is 69.9 Å². The van der Waals surface area contributed by atoms with Crippen LogP contribution in [0.15, 0.2) is 48.6 Å². The second kappa shape index (κ2) is 38.6. The molecule has 0 aromatic carbocycles. The second-order valence-electron chi connectivity index (χ2n) is 14.8. The zero-order valence-electron chi connectivity index (χ0n) is 35.6. The lowest BCUT2D eigenvalue weighted by Gasteiger charge is -2.20. The van der Waals surface area contributed by atoms with Crippen LogP contribution in [0.5, 0.6) is 0 Å². The van der Waals surface area contributed by atoms with Gasteiger partial charge < -0.3 is 35.4 Å². The predicted octanol–water partition coefficient (Wildman–Crippen LogP) is 9.34. The molecular weight excluding hydrogens is 765 g/mol. The Kier molecular flexibility index (Phi) is 36.8. The number of unbranched alkanes of at least 4 members (excludes halogenated alkanes) is 14. The van der Waals surface area contributed by atoms with Crippen molar-refractivity contribution >= 4 is 25.7 Å². The van der Waals surface area contributed by atoms with Crippen LogP contribution in [0.3, 0.4) is 0 Å². The fourth-order valence-corrected chi connectivity index (χ4v) is 6.41. The maximum absolute atomic E-state index is 12.6. The van der Waals surface area contributed by atoms with E-state index in [1.807, 2.05) is 18.2 Å². The molecule has 14 heteroatoms. The fourth-order valence-electron chi connectivity index (χ4n) is 5.63. The third-order valence-electron chi connectivity index (χ3n) is 9.25. The molecule has 0 fully saturated rings. The van der Waals surface area contributed by atoms with E-state index in [1.54, 1.807) is 0 Å². The number of nitrogens with two attached hydrogens (primary N) is 1. The highest BCUT2D eigenvalue weighted by atomic mass is 31.2. The van der Waals surface area contributed by atoms with Gasteiger partial charge in [-0.1, -0.05) is 127 Å². The van der Waals surface area contributed by atoms with E-state index in [9.17, 15) is 34.1 Å². The van der Waals surface area contributed by atoms with Crippen molar-refractivity contribution in [2.24, 2.45) is 5.73 Å². The summed E-state index contributed by atoms with van der Waals surface area (Å²) in [5.41, 5.74) is 5.32. The van der Waals surface area contributed by atoms with Crippen LogP contribution in [0.4, 0.5) is 0 Å². The highest BCUT2D eigenvalue weighted by molar-refractivity contribution is 7.47. The van der Waals surface area contributed by atoms with Gasteiger partial charge in [0.25, 0.3) is 0 Å². The molecule has 0 radical (unpaired) electrons. The molecule has 13 nitrogen and oxygen atoms in total. The SMILES string of the molecule is CCCCC/C=C\C/C=C\C/C=C\CC(O)C(O)CCCC(=O)OC[C@H](COP(=O)(O)OC[C@H](N)C(=O)O)OC(=O)CCCCCCCCC/C=C\CCCCCC. The molecule has 0 rings (SSSR count). The summed E-state index contributed by atoms with van der Waals surface area (Å²) >= 11 is 0. The number of aliphatic hydroxyl groups excluding tert-OH is 2. The molecule has 0 aromatic heterocycles. The number of phosphoric ester groups is 1. The minimum absolute atomic E-state index is 0.0938. The Balaban J connectivity index is 4.61. The number of esters is 2. The Morgan fingerprint density at radius 1 is 0.603 bits per heavy atom. The van der Waals surface area contributed by atoms with Crippen LogP contribution in [-0.4, -0.2) is 82.3 Å². The summed E-state index contributed by atoms with van der Waals surface area (Å²) in [5, 5.41) is 29.5. The van der Waals surface area contributed by atoms with Gasteiger partial charge in [0.1, 0.15) is 12.6 Å². The molecule has 0 aliphatic heterocycles. The number of hydrogen-bond acceptors (Lipinski definition) is 11. The van der Waals surface area contributed by atoms with Crippen molar-refractivity contribution < 1.29 is 57.7 Å². The minimum atomic E-state index is -4.79. The summed E-state index contributed by atoms with van der Waals surface area (Å²) in [7, 11) is -4.79. The van der Waals surface area contributed by atoms with Crippen molar-refractivity contribution in [2.45, 2.75) is 192 Å². The van der Waals surface area contributed by atoms with Gasteiger partial charge in [-0.25, -0.2) is 4.57 Å². The molecule has 0 bridgehead atoms. The fraction of sp³-hybridized carbons (Fsp3) is 0.750. The van der Waals surface area contributed by atoms with Gasteiger partial charge in [0.2, 0.25) is 0 Å². The first kappa shape index (κ1) is 55.4. The number of carbonyl (C=O) groups is 3. The third kappa shape index (κ3) is 36.4. The standard InChI is InChI=1S/C44H78NO12P/c1-3-5-7-9-11-13-15-17-18-19-21-23-25-27-29-33-43(49)57-38(36-55-58(52,53)56-37-39(45)44(50)51)35-54-42(48)34-30-32-41(47)40(46)31-28-26-24-22-20-16-14-12-10-8-6-4-2/h12-15,20,22,26,28,38-41,46-47H,3-11,16-19,21,23-25,27,29-37,45H2,1-2H3,(H,50,51)(H,52,53)/b14-12-,15-13-,22-20-,28-26-/t38-,39+,40?,41?/m1/s1. The van der Waals surface area contributed by atoms with Gasteiger partial charge in [-0.05, 0) is 77.0 Å². The number of carboxylic acid groups (broad SMARTS) is 1. The highest BCUT2D eigenvalue weighted by Crippen LogP contribution is 2.43. The topological polar surface area (TPSA) is 212 Å². The van der Waals surface area contributed by atoms with Crippen molar-refractivity contribution in [2.75, 3.05) is 19.8 Å². The number of ether oxygens (including phenoxy) is 2. The van der Waals surface area contributed by atoms with Gasteiger partial charge in [-0.2, -0.15) is 0 Å². The molecule has 6 N–H and O–H groups in total. The summed E-state index contributed by atoms with van der Waals surface area (Å²) in [5.74, 6) is -2.70. The Morgan fingerprint density at radius 3 is 1.71 bits per heavy atom. The van der Waals surface area contributed by atoms with Crippen LogP contribution >= 0.6 is 7.82 Å². The normalized spacial score (nSPS) is 15.3. The second-order valence-corrected chi connectivity index (χ2v) is 16.2. The Bertz CT molecular complexity index is 1210. The average molecular weight is 844 g/mol. The van der Waals surface area contributed by atoms with E-state index in [-0.39, 0.29) is 32.1 Å². The Hall–Kier alpha value is -2.64. The predicted molar refractivity (Wildman–Crippen MR) is 229 cm³/mol. The molecular formula is C44H78NO12P. The van der Waals surface area contributed by atoms with Crippen LogP contribution in [0, 0.1) is 0 Å². The summed E-state index contributed by atoms with van der Waals surface area (Å²) in [6, 6.07) is -1.56. The first-order valence-electron chi connectivity index (χ1n) is 21.8. The quantitative estimate of drug-likeness (QED) is 0.0169. The first-order chi connectivity index (χ1) is 27.9. The third-order valence-corrected chi connectivity index (χ3v) is 10.2. The average Bonchev–Trinajstić information content (AvgIpc) is 3.19. The number of carboxylic acids is 1. The van der Waals surface area contributed by atoms with Crippen molar-refractivity contribution in [3.05, 3.63) is 48.6 Å². The zero-order valence-corrected chi connectivity index (χ0v) is 36.5. The number of aliphatic carboxylic acids is 1. The molecule has 0 saturated carbocycles. The van der Waals surface area contributed by atoms with Gasteiger partial charge in [-0.15, -0.1) is 0 Å².